The van der Waals surface area contributed by atoms with Gasteiger partial charge in [0.15, 0.2) is 5.82 Å². The van der Waals surface area contributed by atoms with Gasteiger partial charge in [0.2, 0.25) is 11.8 Å². The van der Waals surface area contributed by atoms with Crippen molar-refractivity contribution >= 4 is 5.91 Å². The van der Waals surface area contributed by atoms with Crippen LogP contribution in [-0.2, 0) is 17.8 Å². The van der Waals surface area contributed by atoms with Crippen LogP contribution >= 0.6 is 0 Å². The lowest BCUT2D eigenvalue weighted by Gasteiger charge is -2.07. The van der Waals surface area contributed by atoms with Gasteiger partial charge in [0, 0.05) is 12.3 Å². The Balaban J connectivity index is 1.80. The van der Waals surface area contributed by atoms with Crippen molar-refractivity contribution in [3.8, 4) is 0 Å². The van der Waals surface area contributed by atoms with E-state index in [0.29, 0.717) is 18.3 Å². The van der Waals surface area contributed by atoms with Crippen LogP contribution in [0.1, 0.15) is 44.3 Å². The van der Waals surface area contributed by atoms with Crippen LogP contribution in [0.5, 0.6) is 0 Å². The first-order valence-corrected chi connectivity index (χ1v) is 5.88. The zero-order valence-electron chi connectivity index (χ0n) is 9.53. The highest BCUT2D eigenvalue weighted by molar-refractivity contribution is 5.78. The molecule has 5 nitrogen and oxygen atoms in total. The summed E-state index contributed by atoms with van der Waals surface area (Å²) in [5.74, 6) is 1.48. The molecule has 1 saturated carbocycles. The Morgan fingerprint density at radius 1 is 1.50 bits per heavy atom. The molecule has 2 rings (SSSR count). The Labute approximate surface area is 94.6 Å². The van der Waals surface area contributed by atoms with E-state index in [0.717, 1.165) is 19.3 Å². The van der Waals surface area contributed by atoms with Crippen LogP contribution in [0.25, 0.3) is 0 Å². The molecule has 1 N–H and O–H groups in total. The molecule has 0 spiro atoms. The van der Waals surface area contributed by atoms with Gasteiger partial charge in [-0.05, 0) is 12.8 Å². The van der Waals surface area contributed by atoms with Crippen LogP contribution < -0.4 is 5.32 Å². The second kappa shape index (κ2) is 5.09. The highest BCUT2D eigenvalue weighted by Gasteiger charge is 2.22. The minimum absolute atomic E-state index is 0.119. The molecule has 0 saturated heterocycles. The van der Waals surface area contributed by atoms with Crippen molar-refractivity contribution in [3.05, 3.63) is 11.7 Å². The highest BCUT2D eigenvalue weighted by atomic mass is 16.5. The van der Waals surface area contributed by atoms with Gasteiger partial charge in [0.05, 0.1) is 6.54 Å². The summed E-state index contributed by atoms with van der Waals surface area (Å²) >= 11 is 0. The lowest BCUT2D eigenvalue weighted by atomic mass is 10.1. The zero-order valence-corrected chi connectivity index (χ0v) is 9.53. The summed E-state index contributed by atoms with van der Waals surface area (Å²) in [7, 11) is 0. The summed E-state index contributed by atoms with van der Waals surface area (Å²) < 4.78 is 4.99. The van der Waals surface area contributed by atoms with Gasteiger partial charge in [-0.3, -0.25) is 4.79 Å². The second-order valence-electron chi connectivity index (χ2n) is 4.16. The first-order chi connectivity index (χ1) is 7.79. The standard InChI is InChI=1S/C11H17N3O2/c1-2-9-13-10(16-14-9)7-12-11(15)8-5-3-4-6-8/h8H,2-7H2,1H3,(H,12,15). The molecule has 1 heterocycles. The summed E-state index contributed by atoms with van der Waals surface area (Å²) in [5, 5.41) is 6.62. The number of aromatic nitrogens is 2. The quantitative estimate of drug-likeness (QED) is 0.838. The van der Waals surface area contributed by atoms with Gasteiger partial charge in [0.1, 0.15) is 0 Å². The van der Waals surface area contributed by atoms with E-state index in [1.165, 1.54) is 12.8 Å². The van der Waals surface area contributed by atoms with Crippen molar-refractivity contribution in [2.45, 2.75) is 45.6 Å². The maximum absolute atomic E-state index is 11.7. The first-order valence-electron chi connectivity index (χ1n) is 5.88. The lowest BCUT2D eigenvalue weighted by Crippen LogP contribution is -2.28. The van der Waals surface area contributed by atoms with Gasteiger partial charge in [-0.1, -0.05) is 24.9 Å². The summed E-state index contributed by atoms with van der Waals surface area (Å²) in [5.41, 5.74) is 0. The molecule has 0 radical (unpaired) electrons. The van der Waals surface area contributed by atoms with Gasteiger partial charge in [-0.25, -0.2) is 0 Å². The summed E-state index contributed by atoms with van der Waals surface area (Å²) in [4.78, 5) is 15.8. The predicted octanol–water partition coefficient (Wildman–Crippen LogP) is 1.44. The molecule has 0 unspecified atom stereocenters. The number of rotatable bonds is 4. The smallest absolute Gasteiger partial charge is 0.246 e. The third kappa shape index (κ3) is 2.59. The fourth-order valence-corrected chi connectivity index (χ4v) is 2.00. The van der Waals surface area contributed by atoms with Gasteiger partial charge in [-0.15, -0.1) is 0 Å². The Morgan fingerprint density at radius 2 is 2.25 bits per heavy atom. The zero-order chi connectivity index (χ0) is 11.4. The summed E-state index contributed by atoms with van der Waals surface area (Å²) in [6.07, 6.45) is 5.10. The number of nitrogens with one attached hydrogen (secondary N) is 1. The third-order valence-corrected chi connectivity index (χ3v) is 2.97. The number of carbonyl (C=O) groups excluding carboxylic acids is 1. The normalized spacial score (nSPS) is 16.6. The fourth-order valence-electron chi connectivity index (χ4n) is 2.00. The van der Waals surface area contributed by atoms with Gasteiger partial charge in [0.25, 0.3) is 0 Å². The minimum Gasteiger partial charge on any atom is -0.347 e. The topological polar surface area (TPSA) is 68.0 Å². The molecule has 0 aliphatic heterocycles. The van der Waals surface area contributed by atoms with Crippen LogP contribution in [0.4, 0.5) is 0 Å². The molecular formula is C11H17N3O2. The number of aryl methyl sites for hydroxylation is 1. The van der Waals surface area contributed by atoms with Crippen molar-refractivity contribution in [1.82, 2.24) is 15.5 Å². The Morgan fingerprint density at radius 3 is 2.88 bits per heavy atom. The highest BCUT2D eigenvalue weighted by Crippen LogP contribution is 2.24. The first kappa shape index (κ1) is 11.1. The van der Waals surface area contributed by atoms with Gasteiger partial charge < -0.3 is 9.84 Å². The Kier molecular flexibility index (Phi) is 3.54. The number of carbonyl (C=O) groups is 1. The van der Waals surface area contributed by atoms with E-state index < -0.39 is 0 Å². The maximum atomic E-state index is 11.7. The maximum Gasteiger partial charge on any atom is 0.246 e. The van der Waals surface area contributed by atoms with E-state index in [1.807, 2.05) is 6.92 Å². The molecule has 0 aromatic carbocycles. The number of hydrogen-bond acceptors (Lipinski definition) is 4. The number of nitrogens with zero attached hydrogens (tertiary/aromatic N) is 2. The van der Waals surface area contributed by atoms with E-state index in [2.05, 4.69) is 15.5 Å². The van der Waals surface area contributed by atoms with E-state index in [4.69, 9.17) is 4.52 Å². The molecule has 88 valence electrons. The molecule has 1 aliphatic carbocycles. The fraction of sp³-hybridized carbons (Fsp3) is 0.727. The third-order valence-electron chi connectivity index (χ3n) is 2.97. The van der Waals surface area contributed by atoms with Crippen LogP contribution in [-0.4, -0.2) is 16.0 Å². The predicted molar refractivity (Wildman–Crippen MR) is 57.5 cm³/mol. The summed E-state index contributed by atoms with van der Waals surface area (Å²) in [6.45, 7) is 2.31. The Bertz CT molecular complexity index is 356. The van der Waals surface area contributed by atoms with E-state index in [9.17, 15) is 4.79 Å². The van der Waals surface area contributed by atoms with E-state index >= 15 is 0 Å². The molecule has 0 atom stereocenters. The number of hydrogen-bond donors (Lipinski definition) is 1. The van der Waals surface area contributed by atoms with Gasteiger partial charge >= 0.3 is 0 Å². The molecule has 0 bridgehead atoms. The minimum atomic E-state index is 0.119. The van der Waals surface area contributed by atoms with Gasteiger partial charge in [-0.2, -0.15) is 4.98 Å². The van der Waals surface area contributed by atoms with Crippen molar-refractivity contribution in [3.63, 3.8) is 0 Å². The van der Waals surface area contributed by atoms with Crippen molar-refractivity contribution in [2.75, 3.05) is 0 Å². The monoisotopic (exact) mass is 223 g/mol. The van der Waals surface area contributed by atoms with Crippen molar-refractivity contribution < 1.29 is 9.32 Å². The largest absolute Gasteiger partial charge is 0.347 e. The average molecular weight is 223 g/mol. The molecule has 16 heavy (non-hydrogen) atoms. The van der Waals surface area contributed by atoms with Crippen molar-refractivity contribution in [1.29, 1.82) is 0 Å². The molecule has 1 aliphatic rings. The van der Waals surface area contributed by atoms with Crippen LogP contribution in [0, 0.1) is 5.92 Å². The molecule has 5 heteroatoms. The molecule has 1 aromatic rings. The second-order valence-corrected chi connectivity index (χ2v) is 4.16. The Hall–Kier alpha value is -1.39. The van der Waals surface area contributed by atoms with E-state index in [-0.39, 0.29) is 11.8 Å². The molecule has 1 fully saturated rings. The van der Waals surface area contributed by atoms with Crippen molar-refractivity contribution in [2.24, 2.45) is 5.92 Å². The van der Waals surface area contributed by atoms with E-state index in [1.54, 1.807) is 0 Å². The summed E-state index contributed by atoms with van der Waals surface area (Å²) in [6, 6.07) is 0. The molecular weight excluding hydrogens is 206 g/mol. The molecule has 1 amide bonds. The SMILES string of the molecule is CCc1noc(CNC(=O)C2CCCC2)n1. The lowest BCUT2D eigenvalue weighted by molar-refractivity contribution is -0.125. The van der Waals surface area contributed by atoms with Crippen LogP contribution in [0.2, 0.25) is 0 Å². The van der Waals surface area contributed by atoms with Crippen LogP contribution in [0.3, 0.4) is 0 Å². The number of amides is 1. The molecule has 1 aromatic heterocycles. The average Bonchev–Trinajstić information content (AvgIpc) is 2.96. The van der Waals surface area contributed by atoms with Crippen LogP contribution in [0.15, 0.2) is 4.52 Å².